The molecular formula is C14H18N4O2S. The smallest absolute Gasteiger partial charge is 0.273 e. The van der Waals surface area contributed by atoms with E-state index in [0.717, 1.165) is 23.8 Å². The third-order valence-corrected chi connectivity index (χ3v) is 4.56. The van der Waals surface area contributed by atoms with Gasteiger partial charge in [-0.05, 0) is 6.42 Å². The van der Waals surface area contributed by atoms with Gasteiger partial charge in [-0.3, -0.25) is 4.79 Å². The van der Waals surface area contributed by atoms with Crippen LogP contribution in [0.25, 0.3) is 0 Å². The van der Waals surface area contributed by atoms with Crippen LogP contribution in [0, 0.1) is 0 Å². The topological polar surface area (TPSA) is 60.2 Å². The highest BCUT2D eigenvalue weighted by Gasteiger charge is 2.30. The van der Waals surface area contributed by atoms with Crippen LogP contribution in [0.4, 0.5) is 0 Å². The first-order chi connectivity index (χ1) is 10.2. The van der Waals surface area contributed by atoms with E-state index in [4.69, 9.17) is 4.74 Å². The van der Waals surface area contributed by atoms with E-state index in [1.165, 1.54) is 11.3 Å². The first kappa shape index (κ1) is 14.2. The lowest BCUT2D eigenvalue weighted by Gasteiger charge is -2.15. The summed E-state index contributed by atoms with van der Waals surface area (Å²) in [6.07, 6.45) is 4.69. The summed E-state index contributed by atoms with van der Waals surface area (Å²) in [6.45, 7) is 1.92. The second-order valence-corrected chi connectivity index (χ2v) is 6.14. The van der Waals surface area contributed by atoms with Crippen molar-refractivity contribution in [3.8, 4) is 0 Å². The predicted molar refractivity (Wildman–Crippen MR) is 79.3 cm³/mol. The van der Waals surface area contributed by atoms with Crippen molar-refractivity contribution in [1.29, 1.82) is 0 Å². The van der Waals surface area contributed by atoms with E-state index in [-0.39, 0.29) is 5.91 Å². The second kappa shape index (κ2) is 5.95. The van der Waals surface area contributed by atoms with Crippen molar-refractivity contribution < 1.29 is 9.53 Å². The van der Waals surface area contributed by atoms with E-state index in [9.17, 15) is 4.79 Å². The van der Waals surface area contributed by atoms with Gasteiger partial charge in [-0.2, -0.15) is 0 Å². The average molecular weight is 306 g/mol. The minimum Gasteiger partial charge on any atom is -0.378 e. The van der Waals surface area contributed by atoms with Crippen molar-refractivity contribution in [3.05, 3.63) is 34.3 Å². The Bertz CT molecular complexity index is 636. The Kier molecular flexibility index (Phi) is 4.03. The molecule has 0 N–H and O–H groups in total. The molecule has 7 heteroatoms. The Balaban J connectivity index is 1.67. The molecule has 3 rings (SSSR count). The molecule has 2 aromatic rings. The molecule has 1 aliphatic heterocycles. The van der Waals surface area contributed by atoms with Crippen LogP contribution < -0.4 is 0 Å². The third-order valence-electron chi connectivity index (χ3n) is 3.74. The van der Waals surface area contributed by atoms with Gasteiger partial charge in [0.15, 0.2) is 0 Å². The van der Waals surface area contributed by atoms with Crippen LogP contribution in [-0.2, 0) is 18.4 Å². The van der Waals surface area contributed by atoms with Crippen LogP contribution in [0.2, 0.25) is 0 Å². The Labute approximate surface area is 127 Å². The molecule has 1 atom stereocenters. The van der Waals surface area contributed by atoms with Gasteiger partial charge in [-0.15, -0.1) is 11.3 Å². The Morgan fingerprint density at radius 3 is 3.14 bits per heavy atom. The molecule has 21 heavy (non-hydrogen) atoms. The molecule has 1 aliphatic rings. The van der Waals surface area contributed by atoms with Crippen LogP contribution in [0.15, 0.2) is 17.8 Å². The first-order valence-electron chi connectivity index (χ1n) is 6.89. The Morgan fingerprint density at radius 2 is 2.43 bits per heavy atom. The molecule has 1 fully saturated rings. The van der Waals surface area contributed by atoms with Gasteiger partial charge in [0.1, 0.15) is 16.5 Å². The summed E-state index contributed by atoms with van der Waals surface area (Å²) in [5.41, 5.74) is 0.521. The number of ether oxygens (including phenoxy) is 1. The monoisotopic (exact) mass is 306 g/mol. The van der Waals surface area contributed by atoms with Gasteiger partial charge in [-0.25, -0.2) is 9.97 Å². The van der Waals surface area contributed by atoms with Crippen LogP contribution in [0.3, 0.4) is 0 Å². The lowest BCUT2D eigenvalue weighted by molar-refractivity contribution is 0.0784. The van der Waals surface area contributed by atoms with Crippen molar-refractivity contribution in [2.45, 2.75) is 18.9 Å². The average Bonchev–Trinajstić information content (AvgIpc) is 3.17. The lowest BCUT2D eigenvalue weighted by Crippen LogP contribution is -2.29. The predicted octanol–water partition coefficient (Wildman–Crippen LogP) is 1.65. The van der Waals surface area contributed by atoms with E-state index in [0.29, 0.717) is 24.8 Å². The molecule has 1 amide bonds. The van der Waals surface area contributed by atoms with E-state index in [1.807, 2.05) is 28.1 Å². The minimum atomic E-state index is 0.00492. The number of aromatic nitrogens is 3. The first-order valence-corrected chi connectivity index (χ1v) is 7.77. The van der Waals surface area contributed by atoms with Crippen LogP contribution in [0.5, 0.6) is 0 Å². The number of aryl methyl sites for hydroxylation is 1. The Hall–Kier alpha value is -1.73. The number of imidazole rings is 1. The van der Waals surface area contributed by atoms with Crippen LogP contribution >= 0.6 is 11.3 Å². The maximum atomic E-state index is 12.5. The molecular weight excluding hydrogens is 288 g/mol. The molecule has 0 bridgehead atoms. The van der Waals surface area contributed by atoms with Crippen molar-refractivity contribution in [1.82, 2.24) is 19.4 Å². The van der Waals surface area contributed by atoms with Crippen molar-refractivity contribution >= 4 is 17.2 Å². The second-order valence-electron chi connectivity index (χ2n) is 5.19. The molecule has 0 aromatic carbocycles. The summed E-state index contributed by atoms with van der Waals surface area (Å²) in [5, 5.41) is 2.64. The zero-order valence-corrected chi connectivity index (χ0v) is 13.0. The summed E-state index contributed by atoms with van der Waals surface area (Å²) < 4.78 is 7.06. The van der Waals surface area contributed by atoms with Gasteiger partial charge in [0, 0.05) is 50.9 Å². The highest BCUT2D eigenvalue weighted by atomic mass is 32.1. The van der Waals surface area contributed by atoms with Crippen LogP contribution in [-0.4, -0.2) is 45.5 Å². The summed E-state index contributed by atoms with van der Waals surface area (Å²) in [7, 11) is 3.62. The van der Waals surface area contributed by atoms with Crippen molar-refractivity contribution in [2.24, 2.45) is 7.05 Å². The van der Waals surface area contributed by atoms with Gasteiger partial charge < -0.3 is 14.2 Å². The quantitative estimate of drug-likeness (QED) is 0.862. The molecule has 0 spiro atoms. The number of nitrogens with zero attached hydrogens (tertiary/aromatic N) is 4. The van der Waals surface area contributed by atoms with E-state index in [2.05, 4.69) is 9.97 Å². The van der Waals surface area contributed by atoms with Crippen molar-refractivity contribution in [2.75, 3.05) is 20.2 Å². The molecule has 1 saturated heterocycles. The zero-order valence-electron chi connectivity index (χ0n) is 12.2. The third kappa shape index (κ3) is 2.84. The summed E-state index contributed by atoms with van der Waals surface area (Å²) in [5.74, 6) is 1.36. The number of amides is 1. The lowest BCUT2D eigenvalue weighted by atomic mass is 10.1. The van der Waals surface area contributed by atoms with Gasteiger partial charge in [0.25, 0.3) is 5.91 Å². The van der Waals surface area contributed by atoms with Gasteiger partial charge in [0.05, 0.1) is 6.61 Å². The standard InChI is InChI=1S/C14H18N4O2S/c1-17-6-4-15-13(17)10-3-5-18(7-10)14(19)11-9-21-12(16-11)8-20-2/h4,6,9-10H,3,5,7-8H2,1-2H3. The molecule has 6 nitrogen and oxygen atoms in total. The van der Waals surface area contributed by atoms with Gasteiger partial charge >= 0.3 is 0 Å². The van der Waals surface area contributed by atoms with E-state index >= 15 is 0 Å². The fraction of sp³-hybridized carbons (Fsp3) is 0.500. The summed E-state index contributed by atoms with van der Waals surface area (Å²) in [4.78, 5) is 23.1. The highest BCUT2D eigenvalue weighted by Crippen LogP contribution is 2.27. The molecule has 0 radical (unpaired) electrons. The molecule has 1 unspecified atom stereocenters. The number of rotatable bonds is 4. The number of carbonyl (C=O) groups is 1. The Morgan fingerprint density at radius 1 is 1.57 bits per heavy atom. The number of thiazole rings is 1. The van der Waals surface area contributed by atoms with E-state index < -0.39 is 0 Å². The summed E-state index contributed by atoms with van der Waals surface area (Å²) >= 11 is 1.46. The van der Waals surface area contributed by atoms with Gasteiger partial charge in [-0.1, -0.05) is 0 Å². The number of hydrogen-bond acceptors (Lipinski definition) is 5. The minimum absolute atomic E-state index is 0.00492. The molecule has 0 saturated carbocycles. The maximum absolute atomic E-state index is 12.5. The molecule has 3 heterocycles. The maximum Gasteiger partial charge on any atom is 0.273 e. The highest BCUT2D eigenvalue weighted by molar-refractivity contribution is 7.09. The number of methoxy groups -OCH3 is 1. The largest absolute Gasteiger partial charge is 0.378 e. The van der Waals surface area contributed by atoms with Crippen LogP contribution in [0.1, 0.15) is 33.7 Å². The van der Waals surface area contributed by atoms with Crippen molar-refractivity contribution in [3.63, 3.8) is 0 Å². The number of hydrogen-bond donors (Lipinski definition) is 0. The van der Waals surface area contributed by atoms with E-state index in [1.54, 1.807) is 13.3 Å². The van der Waals surface area contributed by atoms with Gasteiger partial charge in [0.2, 0.25) is 0 Å². The molecule has 112 valence electrons. The SMILES string of the molecule is COCc1nc(C(=O)N2CCC(c3nccn3C)C2)cs1. The number of carbonyl (C=O) groups excluding carboxylic acids is 1. The summed E-state index contributed by atoms with van der Waals surface area (Å²) in [6, 6.07) is 0. The fourth-order valence-corrected chi connectivity index (χ4v) is 3.43. The molecule has 0 aliphatic carbocycles. The zero-order chi connectivity index (χ0) is 14.8. The number of likely N-dealkylation sites (tertiary alicyclic amines) is 1. The fourth-order valence-electron chi connectivity index (χ4n) is 2.69. The normalized spacial score (nSPS) is 18.4. The molecule has 2 aromatic heterocycles.